The van der Waals surface area contributed by atoms with Crippen molar-refractivity contribution < 1.29 is 9.18 Å². The Kier molecular flexibility index (Phi) is 3.50. The van der Waals surface area contributed by atoms with Crippen LogP contribution in [0.5, 0.6) is 0 Å². The first-order valence-corrected chi connectivity index (χ1v) is 7.34. The molecule has 1 unspecified atom stereocenters. The second-order valence-corrected chi connectivity index (χ2v) is 6.35. The van der Waals surface area contributed by atoms with Crippen molar-refractivity contribution in [2.75, 3.05) is 5.32 Å². The lowest BCUT2D eigenvalue weighted by atomic mass is 9.88. The quantitative estimate of drug-likeness (QED) is 0.860. The number of benzene rings is 1. The number of hydrogen-bond donors (Lipinski definition) is 1. The van der Waals surface area contributed by atoms with Gasteiger partial charge in [-0.2, -0.15) is 5.10 Å². The Balaban J connectivity index is 2.13. The molecule has 0 spiro atoms. The summed E-state index contributed by atoms with van der Waals surface area (Å²) in [5.41, 5.74) is 0.649. The zero-order chi connectivity index (χ0) is 16.8. The number of nitroso groups, excluding NO2 is 1. The molecule has 0 aliphatic carbocycles. The molecule has 23 heavy (non-hydrogen) atoms. The lowest BCUT2D eigenvalue weighted by Gasteiger charge is -2.38. The van der Waals surface area contributed by atoms with Gasteiger partial charge in [0, 0.05) is 10.7 Å². The second kappa shape index (κ2) is 5.26. The number of carbonyl (C=O) groups excluding carboxylic acids is 1. The van der Waals surface area contributed by atoms with Gasteiger partial charge in [0.15, 0.2) is 0 Å². The molecular weight excluding hydrogens is 299 g/mol. The second-order valence-electron chi connectivity index (χ2n) is 6.35. The summed E-state index contributed by atoms with van der Waals surface area (Å²) in [6.45, 7) is 5.57. The van der Waals surface area contributed by atoms with Crippen molar-refractivity contribution in [3.05, 3.63) is 51.8 Å². The summed E-state index contributed by atoms with van der Waals surface area (Å²) >= 11 is 0. The highest BCUT2D eigenvalue weighted by atomic mass is 19.1. The highest BCUT2D eigenvalue weighted by Crippen LogP contribution is 2.41. The molecule has 0 saturated carbocycles. The maximum atomic E-state index is 14.1. The third-order valence-electron chi connectivity index (χ3n) is 4.23. The van der Waals surface area contributed by atoms with Gasteiger partial charge in [0.05, 0.1) is 17.3 Å². The molecule has 0 fully saturated rings. The first-order chi connectivity index (χ1) is 10.8. The summed E-state index contributed by atoms with van der Waals surface area (Å²) in [5, 5.41) is 10.0. The van der Waals surface area contributed by atoms with Gasteiger partial charge in [0.2, 0.25) is 0 Å². The highest BCUT2D eigenvalue weighted by Gasteiger charge is 2.38. The average molecular weight is 316 g/mol. The molecule has 2 heterocycles. The third-order valence-corrected chi connectivity index (χ3v) is 4.23. The van der Waals surface area contributed by atoms with Gasteiger partial charge in [-0.1, -0.05) is 18.2 Å². The molecule has 1 aliphatic heterocycles. The Morgan fingerprint density at radius 2 is 2.13 bits per heavy atom. The van der Waals surface area contributed by atoms with Gasteiger partial charge in [0.1, 0.15) is 17.2 Å². The normalized spacial score (nSPS) is 18.9. The van der Waals surface area contributed by atoms with Crippen molar-refractivity contribution in [3.63, 3.8) is 0 Å². The Morgan fingerprint density at radius 1 is 1.43 bits per heavy atom. The number of aromatic nitrogens is 2. The number of carbonyl (C=O) groups is 1. The number of hydrogen-bond acceptors (Lipinski definition) is 4. The van der Waals surface area contributed by atoms with E-state index in [0.717, 1.165) is 0 Å². The van der Waals surface area contributed by atoms with Crippen LogP contribution in [0.3, 0.4) is 0 Å². The van der Waals surface area contributed by atoms with Crippen molar-refractivity contribution in [2.45, 2.75) is 38.8 Å². The fourth-order valence-corrected chi connectivity index (χ4v) is 3.15. The summed E-state index contributed by atoms with van der Waals surface area (Å²) in [6.07, 6.45) is 0.588. The van der Waals surface area contributed by atoms with Crippen LogP contribution in [0.15, 0.2) is 29.4 Å². The zero-order valence-electron chi connectivity index (χ0n) is 13.1. The molecule has 1 N–H and O–H groups in total. The van der Waals surface area contributed by atoms with Crippen LogP contribution in [0.2, 0.25) is 0 Å². The minimum absolute atomic E-state index is 0.147. The lowest BCUT2D eigenvalue weighted by Crippen LogP contribution is -2.38. The standard InChI is InChI=1S/C16H17FN4O2/c1-9-13(15(22)20-23)14-18-12(8-16(2,3)21(14)19-9)10-6-4-5-7-11(10)17/h4-7,12,18H,8H2,1-3H3. The zero-order valence-corrected chi connectivity index (χ0v) is 13.1. The van der Waals surface area contributed by atoms with Crippen LogP contribution in [-0.2, 0) is 5.54 Å². The molecule has 0 saturated heterocycles. The fraction of sp³-hybridized carbons (Fsp3) is 0.375. The van der Waals surface area contributed by atoms with Crippen LogP contribution >= 0.6 is 0 Å². The molecule has 3 rings (SSSR count). The number of fused-ring (bicyclic) bond motifs is 1. The van der Waals surface area contributed by atoms with Crippen LogP contribution in [0.1, 0.15) is 47.9 Å². The predicted octanol–water partition coefficient (Wildman–Crippen LogP) is 3.53. The monoisotopic (exact) mass is 316 g/mol. The van der Waals surface area contributed by atoms with E-state index in [4.69, 9.17) is 0 Å². The number of rotatable bonds is 2. The molecule has 7 heteroatoms. The summed E-state index contributed by atoms with van der Waals surface area (Å²) < 4.78 is 15.8. The molecule has 6 nitrogen and oxygen atoms in total. The summed E-state index contributed by atoms with van der Waals surface area (Å²) in [4.78, 5) is 22.5. The third kappa shape index (κ3) is 2.42. The van der Waals surface area contributed by atoms with Crippen molar-refractivity contribution in [2.24, 2.45) is 5.18 Å². The maximum Gasteiger partial charge on any atom is 0.322 e. The molecule has 1 aromatic heterocycles. The number of nitrogens with zero attached hydrogens (tertiary/aromatic N) is 3. The summed E-state index contributed by atoms with van der Waals surface area (Å²) in [5.74, 6) is -0.773. The van der Waals surface area contributed by atoms with E-state index < -0.39 is 11.4 Å². The minimum atomic E-state index is -0.874. The molecule has 1 aromatic carbocycles. The van der Waals surface area contributed by atoms with Crippen LogP contribution in [0.25, 0.3) is 0 Å². The Morgan fingerprint density at radius 3 is 2.78 bits per heavy atom. The number of halogens is 1. The van der Waals surface area contributed by atoms with Gasteiger partial charge in [0.25, 0.3) is 0 Å². The van der Waals surface area contributed by atoms with E-state index in [0.29, 0.717) is 23.5 Å². The van der Waals surface area contributed by atoms with Gasteiger partial charge in [-0.3, -0.25) is 4.79 Å². The average Bonchev–Trinajstić information content (AvgIpc) is 2.84. The topological polar surface area (TPSA) is 76.3 Å². The minimum Gasteiger partial charge on any atom is -0.363 e. The van der Waals surface area contributed by atoms with E-state index in [-0.39, 0.29) is 17.4 Å². The first-order valence-electron chi connectivity index (χ1n) is 7.34. The van der Waals surface area contributed by atoms with Crippen LogP contribution in [0.4, 0.5) is 10.2 Å². The number of anilines is 1. The Hall–Kier alpha value is -2.57. The molecule has 0 bridgehead atoms. The summed E-state index contributed by atoms with van der Waals surface area (Å²) in [6, 6.07) is 6.19. The molecule has 0 radical (unpaired) electrons. The van der Waals surface area contributed by atoms with E-state index in [9.17, 15) is 14.1 Å². The Labute approximate surface area is 132 Å². The van der Waals surface area contributed by atoms with E-state index in [2.05, 4.69) is 15.6 Å². The van der Waals surface area contributed by atoms with E-state index >= 15 is 0 Å². The van der Waals surface area contributed by atoms with Gasteiger partial charge in [-0.05, 0) is 33.3 Å². The van der Waals surface area contributed by atoms with Gasteiger partial charge in [-0.15, -0.1) is 4.91 Å². The van der Waals surface area contributed by atoms with E-state index in [1.165, 1.54) is 6.07 Å². The number of nitrogens with one attached hydrogen (secondary N) is 1. The van der Waals surface area contributed by atoms with Crippen LogP contribution in [-0.4, -0.2) is 15.7 Å². The van der Waals surface area contributed by atoms with Crippen molar-refractivity contribution in [3.8, 4) is 0 Å². The van der Waals surface area contributed by atoms with Gasteiger partial charge >= 0.3 is 5.91 Å². The Bertz CT molecular complexity index is 797. The van der Waals surface area contributed by atoms with Crippen molar-refractivity contribution in [1.29, 1.82) is 0 Å². The molecule has 1 aliphatic rings. The van der Waals surface area contributed by atoms with E-state index in [1.54, 1.807) is 29.8 Å². The first kappa shape index (κ1) is 15.3. The SMILES string of the molecule is Cc1nn2c(c1C(=O)N=O)NC(c1ccccc1F)CC2(C)C. The van der Waals surface area contributed by atoms with Crippen molar-refractivity contribution in [1.82, 2.24) is 9.78 Å². The maximum absolute atomic E-state index is 14.1. The number of amides is 1. The molecule has 1 atom stereocenters. The largest absolute Gasteiger partial charge is 0.363 e. The molecule has 1 amide bonds. The molecule has 2 aromatic rings. The lowest BCUT2D eigenvalue weighted by molar-refractivity contribution is 0.100. The van der Waals surface area contributed by atoms with E-state index in [1.807, 2.05) is 13.8 Å². The predicted molar refractivity (Wildman–Crippen MR) is 83.8 cm³/mol. The van der Waals surface area contributed by atoms with Crippen LogP contribution < -0.4 is 5.32 Å². The fourth-order valence-electron chi connectivity index (χ4n) is 3.15. The molecule has 120 valence electrons. The highest BCUT2D eigenvalue weighted by molar-refractivity contribution is 6.00. The number of aryl methyl sites for hydroxylation is 1. The summed E-state index contributed by atoms with van der Waals surface area (Å²) in [7, 11) is 0. The van der Waals surface area contributed by atoms with Crippen LogP contribution in [0, 0.1) is 17.6 Å². The van der Waals surface area contributed by atoms with Gasteiger partial charge < -0.3 is 5.32 Å². The molecular formula is C16H17FN4O2. The smallest absolute Gasteiger partial charge is 0.322 e. The van der Waals surface area contributed by atoms with Gasteiger partial charge in [-0.25, -0.2) is 9.07 Å². The van der Waals surface area contributed by atoms with Crippen molar-refractivity contribution >= 4 is 11.7 Å².